The molecule has 28 heavy (non-hydrogen) atoms. The second-order valence-electron chi connectivity index (χ2n) is 8.68. The normalized spacial score (nSPS) is 15.0. The summed E-state index contributed by atoms with van der Waals surface area (Å²) in [6, 6.07) is 18.2. The third-order valence-corrected chi connectivity index (χ3v) is 5.46. The summed E-state index contributed by atoms with van der Waals surface area (Å²) in [6.45, 7) is 7.43. The first-order chi connectivity index (χ1) is 13.3. The number of rotatable bonds is 7. The molecule has 1 aliphatic rings. The molecule has 2 aromatic carbocycles. The Kier molecular flexibility index (Phi) is 5.87. The average molecular weight is 379 g/mol. The van der Waals surface area contributed by atoms with Gasteiger partial charge < -0.3 is 10.6 Å². The molecule has 0 bridgehead atoms. The van der Waals surface area contributed by atoms with Crippen molar-refractivity contribution in [2.45, 2.75) is 57.4 Å². The highest BCUT2D eigenvalue weighted by molar-refractivity contribution is 5.91. The van der Waals surface area contributed by atoms with Crippen LogP contribution < -0.4 is 10.6 Å². The molecular weight excluding hydrogens is 348 g/mol. The van der Waals surface area contributed by atoms with Crippen molar-refractivity contribution in [3.05, 3.63) is 71.3 Å². The molecule has 0 atom stereocenters. The van der Waals surface area contributed by atoms with Crippen molar-refractivity contribution in [2.75, 3.05) is 6.54 Å². The number of hydrogen-bond donors (Lipinski definition) is 2. The van der Waals surface area contributed by atoms with E-state index < -0.39 is 5.41 Å². The Labute approximate surface area is 167 Å². The number of carbonyl (C=O) groups is 2. The van der Waals surface area contributed by atoms with Crippen LogP contribution in [0.25, 0.3) is 0 Å². The smallest absolute Gasteiger partial charge is 0.230 e. The minimum absolute atomic E-state index is 0.0341. The lowest BCUT2D eigenvalue weighted by Crippen LogP contribution is -2.37. The van der Waals surface area contributed by atoms with Crippen molar-refractivity contribution in [3.63, 3.8) is 0 Å². The van der Waals surface area contributed by atoms with E-state index in [9.17, 15) is 9.59 Å². The summed E-state index contributed by atoms with van der Waals surface area (Å²) < 4.78 is 0. The lowest BCUT2D eigenvalue weighted by atomic mass is 9.85. The van der Waals surface area contributed by atoms with Gasteiger partial charge >= 0.3 is 0 Å². The fourth-order valence-electron chi connectivity index (χ4n) is 3.40. The molecule has 0 unspecified atom stereocenters. The lowest BCUT2D eigenvalue weighted by Gasteiger charge is -2.21. The molecule has 2 N–H and O–H groups in total. The molecule has 0 aromatic heterocycles. The third-order valence-electron chi connectivity index (χ3n) is 5.46. The van der Waals surface area contributed by atoms with Crippen LogP contribution in [-0.4, -0.2) is 18.4 Å². The zero-order chi connectivity index (χ0) is 20.2. The molecule has 1 fully saturated rings. The largest absolute Gasteiger partial charge is 0.355 e. The standard InChI is InChI=1S/C24H30N2O2/c1-23(2,3)19-9-11-20(12-10-19)24(14-15-24)22(28)25-16-13-21(27)26-17-18-7-5-4-6-8-18/h4-12H,13-17H2,1-3H3,(H,25,28)(H,26,27). The molecule has 1 aliphatic carbocycles. The van der Waals surface area contributed by atoms with E-state index in [1.165, 1.54) is 5.56 Å². The van der Waals surface area contributed by atoms with Crippen molar-refractivity contribution in [2.24, 2.45) is 0 Å². The second-order valence-corrected chi connectivity index (χ2v) is 8.68. The van der Waals surface area contributed by atoms with Crippen molar-refractivity contribution in [1.82, 2.24) is 10.6 Å². The summed E-state index contributed by atoms with van der Waals surface area (Å²) >= 11 is 0. The molecule has 0 aliphatic heterocycles. The quantitative estimate of drug-likeness (QED) is 0.769. The summed E-state index contributed by atoms with van der Waals surface area (Å²) in [4.78, 5) is 24.7. The van der Waals surface area contributed by atoms with Gasteiger partial charge in [0.2, 0.25) is 11.8 Å². The van der Waals surface area contributed by atoms with E-state index in [1.54, 1.807) is 0 Å². The Morgan fingerprint density at radius 1 is 0.929 bits per heavy atom. The highest BCUT2D eigenvalue weighted by atomic mass is 16.2. The van der Waals surface area contributed by atoms with E-state index in [0.29, 0.717) is 13.1 Å². The van der Waals surface area contributed by atoms with E-state index in [-0.39, 0.29) is 23.7 Å². The van der Waals surface area contributed by atoms with Crippen LogP contribution in [0.3, 0.4) is 0 Å². The summed E-state index contributed by atoms with van der Waals surface area (Å²) in [5.74, 6) is -0.0181. The third kappa shape index (κ3) is 4.80. The molecule has 1 saturated carbocycles. The monoisotopic (exact) mass is 378 g/mol. The van der Waals surface area contributed by atoms with Gasteiger partial charge in [0.25, 0.3) is 0 Å². The Balaban J connectivity index is 1.47. The van der Waals surface area contributed by atoms with Crippen molar-refractivity contribution in [1.29, 1.82) is 0 Å². The van der Waals surface area contributed by atoms with E-state index in [4.69, 9.17) is 0 Å². The van der Waals surface area contributed by atoms with Gasteiger partial charge in [0, 0.05) is 19.5 Å². The molecule has 0 saturated heterocycles. The molecule has 0 spiro atoms. The van der Waals surface area contributed by atoms with E-state index >= 15 is 0 Å². The first kappa shape index (κ1) is 20.1. The summed E-state index contributed by atoms with van der Waals surface area (Å²) in [5.41, 5.74) is 3.10. The highest BCUT2D eigenvalue weighted by Crippen LogP contribution is 2.48. The van der Waals surface area contributed by atoms with Gasteiger partial charge in [-0.1, -0.05) is 75.4 Å². The van der Waals surface area contributed by atoms with Crippen molar-refractivity contribution >= 4 is 11.8 Å². The molecule has 2 amide bonds. The van der Waals surface area contributed by atoms with Crippen LogP contribution in [-0.2, 0) is 27.0 Å². The molecule has 3 rings (SSSR count). The maximum atomic E-state index is 12.7. The minimum Gasteiger partial charge on any atom is -0.355 e. The SMILES string of the molecule is CC(C)(C)c1ccc(C2(C(=O)NCCC(=O)NCc3ccccc3)CC2)cc1. The number of hydrogen-bond acceptors (Lipinski definition) is 2. The molecular formula is C24H30N2O2. The van der Waals surface area contributed by atoms with Crippen LogP contribution in [0.15, 0.2) is 54.6 Å². The van der Waals surface area contributed by atoms with Gasteiger partial charge in [0.05, 0.1) is 5.41 Å². The molecule has 148 valence electrons. The zero-order valence-electron chi connectivity index (χ0n) is 17.0. The highest BCUT2D eigenvalue weighted by Gasteiger charge is 2.51. The van der Waals surface area contributed by atoms with Crippen LogP contribution in [0.4, 0.5) is 0 Å². The summed E-state index contributed by atoms with van der Waals surface area (Å²) in [5, 5.41) is 5.85. The predicted molar refractivity (Wildman–Crippen MR) is 112 cm³/mol. The van der Waals surface area contributed by atoms with Gasteiger partial charge in [0.1, 0.15) is 0 Å². The maximum Gasteiger partial charge on any atom is 0.230 e. The summed E-state index contributed by atoms with van der Waals surface area (Å²) in [7, 11) is 0. The Morgan fingerprint density at radius 2 is 1.57 bits per heavy atom. The van der Waals surface area contributed by atoms with Gasteiger partial charge in [-0.05, 0) is 34.9 Å². The molecule has 0 radical (unpaired) electrons. The fourth-order valence-corrected chi connectivity index (χ4v) is 3.40. The first-order valence-electron chi connectivity index (χ1n) is 10.0. The summed E-state index contributed by atoms with van der Waals surface area (Å²) in [6.07, 6.45) is 2.03. The van der Waals surface area contributed by atoms with Crippen LogP contribution in [0.5, 0.6) is 0 Å². The Bertz CT molecular complexity index is 816. The van der Waals surface area contributed by atoms with Crippen LogP contribution >= 0.6 is 0 Å². The van der Waals surface area contributed by atoms with E-state index in [2.05, 4.69) is 55.7 Å². The van der Waals surface area contributed by atoms with Crippen LogP contribution in [0.2, 0.25) is 0 Å². The fraction of sp³-hybridized carbons (Fsp3) is 0.417. The second kappa shape index (κ2) is 8.17. The van der Waals surface area contributed by atoms with Gasteiger partial charge in [-0.2, -0.15) is 0 Å². The molecule has 0 heterocycles. The number of carbonyl (C=O) groups excluding carboxylic acids is 2. The van der Waals surface area contributed by atoms with Gasteiger partial charge in [-0.25, -0.2) is 0 Å². The van der Waals surface area contributed by atoms with Crippen molar-refractivity contribution < 1.29 is 9.59 Å². The van der Waals surface area contributed by atoms with Crippen LogP contribution in [0, 0.1) is 0 Å². The Morgan fingerprint density at radius 3 is 2.14 bits per heavy atom. The van der Waals surface area contributed by atoms with Gasteiger partial charge in [-0.3, -0.25) is 9.59 Å². The Hall–Kier alpha value is -2.62. The van der Waals surface area contributed by atoms with Gasteiger partial charge in [0.15, 0.2) is 0 Å². The maximum absolute atomic E-state index is 12.7. The van der Waals surface area contributed by atoms with Crippen LogP contribution in [0.1, 0.15) is 56.7 Å². The molecule has 4 heteroatoms. The lowest BCUT2D eigenvalue weighted by molar-refractivity contribution is -0.124. The number of amides is 2. The zero-order valence-corrected chi connectivity index (χ0v) is 17.0. The predicted octanol–water partition coefficient (Wildman–Crippen LogP) is 3.84. The average Bonchev–Trinajstić information content (AvgIpc) is 3.49. The number of benzene rings is 2. The van der Waals surface area contributed by atoms with Gasteiger partial charge in [-0.15, -0.1) is 0 Å². The van der Waals surface area contributed by atoms with Crippen molar-refractivity contribution in [3.8, 4) is 0 Å². The minimum atomic E-state index is -0.406. The topological polar surface area (TPSA) is 58.2 Å². The molecule has 2 aromatic rings. The van der Waals surface area contributed by atoms with E-state index in [1.807, 2.05) is 30.3 Å². The van der Waals surface area contributed by atoms with E-state index in [0.717, 1.165) is 24.0 Å². The first-order valence-corrected chi connectivity index (χ1v) is 10.0. The number of nitrogens with one attached hydrogen (secondary N) is 2. The molecule has 4 nitrogen and oxygen atoms in total.